The van der Waals surface area contributed by atoms with Gasteiger partial charge in [0.2, 0.25) is 5.95 Å². The average molecular weight is 463 g/mol. The Morgan fingerprint density at radius 3 is 2.03 bits per heavy atom. The molecular formula is C25H20F3N5O. The highest BCUT2D eigenvalue weighted by Crippen LogP contribution is 2.29. The van der Waals surface area contributed by atoms with E-state index in [1.807, 2.05) is 43.3 Å². The molecule has 0 fully saturated rings. The highest BCUT2D eigenvalue weighted by atomic mass is 19.4. The van der Waals surface area contributed by atoms with E-state index in [1.165, 1.54) is 0 Å². The second kappa shape index (κ2) is 9.62. The molecule has 4 rings (SSSR count). The smallest absolute Gasteiger partial charge is 0.340 e. The SMILES string of the molecule is Cc1cc(Nc2ccccc2)nc(Nc2ccc(NC(=O)c3ccc(C(F)(F)F)cc3)cc2)n1. The third-order valence-electron chi connectivity index (χ3n) is 4.77. The van der Waals surface area contributed by atoms with Gasteiger partial charge in [-0.1, -0.05) is 18.2 Å². The summed E-state index contributed by atoms with van der Waals surface area (Å²) in [4.78, 5) is 21.2. The van der Waals surface area contributed by atoms with Gasteiger partial charge in [0.15, 0.2) is 0 Å². The molecule has 0 aliphatic heterocycles. The number of aromatic nitrogens is 2. The molecule has 0 unspecified atom stereocenters. The third kappa shape index (κ3) is 5.89. The number of nitrogens with zero attached hydrogens (tertiary/aromatic N) is 2. The van der Waals surface area contributed by atoms with E-state index in [0.717, 1.165) is 35.6 Å². The predicted molar refractivity (Wildman–Crippen MR) is 126 cm³/mol. The molecular weight excluding hydrogens is 443 g/mol. The van der Waals surface area contributed by atoms with Gasteiger partial charge in [0.05, 0.1) is 5.56 Å². The molecule has 1 aromatic heterocycles. The number of hydrogen-bond acceptors (Lipinski definition) is 5. The molecule has 6 nitrogen and oxygen atoms in total. The van der Waals surface area contributed by atoms with Gasteiger partial charge in [0.25, 0.3) is 5.91 Å². The minimum absolute atomic E-state index is 0.127. The molecule has 1 amide bonds. The Labute approximate surface area is 193 Å². The molecule has 0 aliphatic carbocycles. The van der Waals surface area contributed by atoms with Crippen molar-refractivity contribution >= 4 is 34.7 Å². The summed E-state index contributed by atoms with van der Waals surface area (Å²) in [6, 6.07) is 22.3. The average Bonchev–Trinajstić information content (AvgIpc) is 2.80. The van der Waals surface area contributed by atoms with Crippen molar-refractivity contribution in [3.8, 4) is 0 Å². The normalized spacial score (nSPS) is 11.1. The zero-order chi connectivity index (χ0) is 24.1. The number of halogens is 3. The first-order chi connectivity index (χ1) is 16.3. The molecule has 0 saturated heterocycles. The quantitative estimate of drug-likeness (QED) is 0.302. The van der Waals surface area contributed by atoms with Crippen LogP contribution in [0.15, 0.2) is 84.9 Å². The number of anilines is 5. The number of amides is 1. The zero-order valence-electron chi connectivity index (χ0n) is 18.0. The number of carbonyl (C=O) groups excluding carboxylic acids is 1. The number of carbonyl (C=O) groups is 1. The number of nitrogens with one attached hydrogen (secondary N) is 3. The fourth-order valence-corrected chi connectivity index (χ4v) is 3.14. The Hall–Kier alpha value is -4.40. The zero-order valence-corrected chi connectivity index (χ0v) is 18.0. The van der Waals surface area contributed by atoms with Crippen LogP contribution >= 0.6 is 0 Å². The van der Waals surface area contributed by atoms with Gasteiger partial charge in [0.1, 0.15) is 5.82 Å². The van der Waals surface area contributed by atoms with Gasteiger partial charge in [-0.05, 0) is 67.6 Å². The maximum absolute atomic E-state index is 12.7. The van der Waals surface area contributed by atoms with Gasteiger partial charge in [-0.25, -0.2) is 4.98 Å². The molecule has 9 heteroatoms. The molecule has 1 heterocycles. The van der Waals surface area contributed by atoms with Crippen LogP contribution in [0, 0.1) is 6.92 Å². The van der Waals surface area contributed by atoms with Gasteiger partial charge in [-0.15, -0.1) is 0 Å². The molecule has 0 saturated carbocycles. The van der Waals surface area contributed by atoms with Crippen LogP contribution in [0.25, 0.3) is 0 Å². The lowest BCUT2D eigenvalue weighted by Gasteiger charge is -2.11. The maximum Gasteiger partial charge on any atom is 0.416 e. The highest BCUT2D eigenvalue weighted by Gasteiger charge is 2.30. The van der Waals surface area contributed by atoms with Gasteiger partial charge in [-0.2, -0.15) is 18.2 Å². The second-order valence-electron chi connectivity index (χ2n) is 7.44. The summed E-state index contributed by atoms with van der Waals surface area (Å²) >= 11 is 0. The van der Waals surface area contributed by atoms with Gasteiger partial charge < -0.3 is 16.0 Å². The summed E-state index contributed by atoms with van der Waals surface area (Å²) in [6.45, 7) is 1.86. The van der Waals surface area contributed by atoms with E-state index in [2.05, 4.69) is 25.9 Å². The number of rotatable bonds is 6. The van der Waals surface area contributed by atoms with Crippen LogP contribution in [0.5, 0.6) is 0 Å². The topological polar surface area (TPSA) is 78.9 Å². The van der Waals surface area contributed by atoms with Crippen molar-refractivity contribution in [1.29, 1.82) is 0 Å². The lowest BCUT2D eigenvalue weighted by atomic mass is 10.1. The van der Waals surface area contributed by atoms with Crippen LogP contribution in [0.3, 0.4) is 0 Å². The lowest BCUT2D eigenvalue weighted by molar-refractivity contribution is -0.137. The standard InChI is InChI=1S/C25H20F3N5O/c1-16-15-22(30-19-5-3-2-4-6-19)33-24(29-16)32-21-13-11-20(12-14-21)31-23(34)17-7-9-18(10-8-17)25(26,27)28/h2-15H,1H3,(H,31,34)(H2,29,30,32,33). The largest absolute Gasteiger partial charge is 0.416 e. The highest BCUT2D eigenvalue weighted by molar-refractivity contribution is 6.04. The molecule has 0 radical (unpaired) electrons. The van der Waals surface area contributed by atoms with Crippen LogP contribution in [-0.4, -0.2) is 15.9 Å². The fourth-order valence-electron chi connectivity index (χ4n) is 3.14. The van der Waals surface area contributed by atoms with Crippen molar-refractivity contribution in [3.63, 3.8) is 0 Å². The first-order valence-corrected chi connectivity index (χ1v) is 10.3. The molecule has 0 spiro atoms. The van der Waals surface area contributed by atoms with Crippen molar-refractivity contribution in [2.45, 2.75) is 13.1 Å². The summed E-state index contributed by atoms with van der Waals surface area (Å²) in [6.07, 6.45) is -4.45. The molecule has 0 aliphatic rings. The van der Waals surface area contributed by atoms with Crippen LogP contribution in [-0.2, 0) is 6.18 Å². The second-order valence-corrected chi connectivity index (χ2v) is 7.44. The minimum atomic E-state index is -4.45. The molecule has 172 valence electrons. The Morgan fingerprint density at radius 2 is 1.38 bits per heavy atom. The Kier molecular flexibility index (Phi) is 6.44. The molecule has 0 atom stereocenters. The van der Waals surface area contributed by atoms with E-state index in [-0.39, 0.29) is 5.56 Å². The first kappa shape index (κ1) is 22.8. The summed E-state index contributed by atoms with van der Waals surface area (Å²) in [7, 11) is 0. The molecule has 34 heavy (non-hydrogen) atoms. The molecule has 4 aromatic rings. The molecule has 3 N–H and O–H groups in total. The lowest BCUT2D eigenvalue weighted by Crippen LogP contribution is -2.12. The molecule has 0 bridgehead atoms. The van der Waals surface area contributed by atoms with Crippen molar-refractivity contribution in [2.24, 2.45) is 0 Å². The fraction of sp³-hybridized carbons (Fsp3) is 0.0800. The van der Waals surface area contributed by atoms with E-state index in [0.29, 0.717) is 23.1 Å². The Bertz CT molecular complexity index is 1270. The molecule has 3 aromatic carbocycles. The monoisotopic (exact) mass is 463 g/mol. The Morgan fingerprint density at radius 1 is 0.765 bits per heavy atom. The number of hydrogen-bond donors (Lipinski definition) is 3. The number of para-hydroxylation sites is 1. The van der Waals surface area contributed by atoms with Gasteiger partial charge in [0, 0.05) is 34.4 Å². The summed E-state index contributed by atoms with van der Waals surface area (Å²) < 4.78 is 38.1. The van der Waals surface area contributed by atoms with Crippen molar-refractivity contribution < 1.29 is 18.0 Å². The van der Waals surface area contributed by atoms with Crippen LogP contribution in [0.1, 0.15) is 21.6 Å². The summed E-state index contributed by atoms with van der Waals surface area (Å²) in [5.41, 5.74) is 2.19. The first-order valence-electron chi connectivity index (χ1n) is 10.3. The maximum atomic E-state index is 12.7. The summed E-state index contributed by atoms with van der Waals surface area (Å²) in [5, 5.41) is 9.01. The van der Waals surface area contributed by atoms with Crippen molar-refractivity contribution in [3.05, 3.63) is 102 Å². The van der Waals surface area contributed by atoms with Crippen LogP contribution < -0.4 is 16.0 Å². The van der Waals surface area contributed by atoms with E-state index >= 15 is 0 Å². The van der Waals surface area contributed by atoms with Crippen LogP contribution in [0.4, 0.5) is 42.0 Å². The number of aryl methyl sites for hydroxylation is 1. The number of alkyl halides is 3. The minimum Gasteiger partial charge on any atom is -0.340 e. The van der Waals surface area contributed by atoms with Crippen LogP contribution in [0.2, 0.25) is 0 Å². The van der Waals surface area contributed by atoms with Crippen molar-refractivity contribution in [1.82, 2.24) is 9.97 Å². The van der Waals surface area contributed by atoms with E-state index in [1.54, 1.807) is 24.3 Å². The van der Waals surface area contributed by atoms with E-state index in [4.69, 9.17) is 0 Å². The van der Waals surface area contributed by atoms with E-state index in [9.17, 15) is 18.0 Å². The Balaban J connectivity index is 1.40. The number of benzene rings is 3. The predicted octanol–water partition coefficient (Wildman–Crippen LogP) is 6.54. The third-order valence-corrected chi connectivity index (χ3v) is 4.77. The van der Waals surface area contributed by atoms with Gasteiger partial charge in [-0.3, -0.25) is 4.79 Å². The van der Waals surface area contributed by atoms with E-state index < -0.39 is 17.6 Å². The summed E-state index contributed by atoms with van der Waals surface area (Å²) in [5.74, 6) is 0.537. The van der Waals surface area contributed by atoms with Gasteiger partial charge >= 0.3 is 6.18 Å². The van der Waals surface area contributed by atoms with Crippen molar-refractivity contribution in [2.75, 3.05) is 16.0 Å².